The zero-order chi connectivity index (χ0) is 20.0. The van der Waals surface area contributed by atoms with Crippen LogP contribution in [-0.2, 0) is 14.8 Å². The number of aryl methyl sites for hydroxylation is 1. The number of piperazine rings is 1. The van der Waals surface area contributed by atoms with Crippen molar-refractivity contribution in [1.82, 2.24) is 14.5 Å². The van der Waals surface area contributed by atoms with E-state index in [1.807, 2.05) is 31.7 Å². The van der Waals surface area contributed by atoms with Gasteiger partial charge in [-0.1, -0.05) is 31.5 Å². The lowest BCUT2D eigenvalue weighted by atomic mass is 10.2. The van der Waals surface area contributed by atoms with Gasteiger partial charge in [-0.05, 0) is 25.0 Å². The van der Waals surface area contributed by atoms with Crippen molar-refractivity contribution >= 4 is 15.9 Å². The smallest absolute Gasteiger partial charge is 0.263 e. The lowest BCUT2D eigenvalue weighted by molar-refractivity contribution is -0.117. The highest BCUT2D eigenvalue weighted by Crippen LogP contribution is 2.18. The highest BCUT2D eigenvalue weighted by molar-refractivity contribution is 7.89. The van der Waals surface area contributed by atoms with E-state index in [9.17, 15) is 18.5 Å². The fraction of sp³-hybridized carbons (Fsp3) is 0.474. The van der Waals surface area contributed by atoms with Crippen LogP contribution in [0.4, 0.5) is 0 Å². The number of benzene rings is 1. The number of hydrogen-bond donors (Lipinski definition) is 1. The molecule has 1 aromatic carbocycles. The Morgan fingerprint density at radius 2 is 1.81 bits per heavy atom. The summed E-state index contributed by atoms with van der Waals surface area (Å²) >= 11 is 0. The number of carbonyl (C=O) groups is 1. The molecule has 1 aromatic rings. The van der Waals surface area contributed by atoms with Crippen molar-refractivity contribution in [3.8, 4) is 6.07 Å². The molecule has 0 radical (unpaired) electrons. The number of carbonyl (C=O) groups excluding carboxylic acids is 1. The molecule has 2 rings (SSSR count). The second kappa shape index (κ2) is 9.02. The molecular weight excluding hydrogens is 364 g/mol. The van der Waals surface area contributed by atoms with Crippen LogP contribution in [-0.4, -0.2) is 56.3 Å². The average molecular weight is 391 g/mol. The molecule has 0 aromatic heterocycles. The molecule has 1 N–H and O–H groups in total. The van der Waals surface area contributed by atoms with E-state index in [4.69, 9.17) is 0 Å². The zero-order valence-electron chi connectivity index (χ0n) is 16.0. The quantitative estimate of drug-likeness (QED) is 0.587. The van der Waals surface area contributed by atoms with Crippen LogP contribution in [0.15, 0.2) is 40.9 Å². The molecule has 27 heavy (non-hydrogen) atoms. The van der Waals surface area contributed by atoms with Gasteiger partial charge in [0.15, 0.2) is 0 Å². The molecule has 0 saturated carbocycles. The fourth-order valence-electron chi connectivity index (χ4n) is 2.65. The van der Waals surface area contributed by atoms with Crippen molar-refractivity contribution in [3.63, 3.8) is 0 Å². The third kappa shape index (κ3) is 5.55. The monoisotopic (exact) mass is 390 g/mol. The summed E-state index contributed by atoms with van der Waals surface area (Å²) in [6.45, 7) is 7.82. The summed E-state index contributed by atoms with van der Waals surface area (Å²) in [6, 6.07) is 8.71. The highest BCUT2D eigenvalue weighted by Gasteiger charge is 2.28. The average Bonchev–Trinajstić information content (AvgIpc) is 2.65. The Kier molecular flexibility index (Phi) is 6.99. The molecule has 0 spiro atoms. The van der Waals surface area contributed by atoms with Crippen molar-refractivity contribution in [1.29, 1.82) is 5.26 Å². The van der Waals surface area contributed by atoms with E-state index in [1.54, 1.807) is 24.3 Å². The molecular formula is C19H26N4O3S. The number of hydrogen-bond acceptors (Lipinski definition) is 5. The summed E-state index contributed by atoms with van der Waals surface area (Å²) in [6.07, 6.45) is 1.52. The van der Waals surface area contributed by atoms with Gasteiger partial charge in [0.05, 0.1) is 4.90 Å². The lowest BCUT2D eigenvalue weighted by Crippen LogP contribution is -2.47. The maximum atomic E-state index is 12.7. The number of nitrogens with one attached hydrogen (secondary N) is 1. The Bertz CT molecular complexity index is 831. The lowest BCUT2D eigenvalue weighted by Gasteiger charge is -2.33. The molecule has 1 heterocycles. The van der Waals surface area contributed by atoms with Gasteiger partial charge in [-0.15, -0.1) is 0 Å². The standard InChI is InChI=1S/C19H26N4O3S/c1-15(2)13-21-19(24)17(12-20)14-22-8-10-23(11-9-22)27(25,26)18-6-4-16(3)5-7-18/h4-7,14-15H,8-11,13H2,1-3H3,(H,21,24)/b17-14-. The summed E-state index contributed by atoms with van der Waals surface area (Å²) in [5.41, 5.74) is 1.04. The van der Waals surface area contributed by atoms with E-state index in [2.05, 4.69) is 5.32 Å². The molecule has 1 fully saturated rings. The fourth-order valence-corrected chi connectivity index (χ4v) is 4.07. The third-order valence-corrected chi connectivity index (χ3v) is 6.19. The summed E-state index contributed by atoms with van der Waals surface area (Å²) in [5.74, 6) is -0.106. The molecule has 0 aliphatic carbocycles. The van der Waals surface area contributed by atoms with Gasteiger partial charge in [-0.3, -0.25) is 4.79 Å². The summed E-state index contributed by atoms with van der Waals surface area (Å²) in [7, 11) is -3.53. The molecule has 146 valence electrons. The SMILES string of the molecule is Cc1ccc(S(=O)(=O)N2CCN(/C=C(/C#N)C(=O)NCC(C)C)CC2)cc1. The summed E-state index contributed by atoms with van der Waals surface area (Å²) in [5, 5.41) is 12.0. The van der Waals surface area contributed by atoms with Gasteiger partial charge >= 0.3 is 0 Å². The minimum atomic E-state index is -3.53. The van der Waals surface area contributed by atoms with Crippen LogP contribution in [0.25, 0.3) is 0 Å². The molecule has 1 amide bonds. The molecule has 1 saturated heterocycles. The molecule has 0 unspecified atom stereocenters. The predicted molar refractivity (Wildman–Crippen MR) is 103 cm³/mol. The molecule has 1 aliphatic rings. The normalized spacial score (nSPS) is 16.3. The summed E-state index contributed by atoms with van der Waals surface area (Å²) in [4.78, 5) is 14.1. The van der Waals surface area contributed by atoms with E-state index in [0.717, 1.165) is 5.56 Å². The van der Waals surface area contributed by atoms with Crippen LogP contribution < -0.4 is 5.32 Å². The van der Waals surface area contributed by atoms with E-state index in [1.165, 1.54) is 10.5 Å². The van der Waals surface area contributed by atoms with Crippen LogP contribution in [0.3, 0.4) is 0 Å². The minimum Gasteiger partial charge on any atom is -0.373 e. The van der Waals surface area contributed by atoms with Gasteiger partial charge in [0.2, 0.25) is 10.0 Å². The minimum absolute atomic E-state index is 0.0329. The van der Waals surface area contributed by atoms with E-state index < -0.39 is 15.9 Å². The first-order valence-electron chi connectivity index (χ1n) is 8.95. The Morgan fingerprint density at radius 1 is 1.22 bits per heavy atom. The third-order valence-electron chi connectivity index (χ3n) is 4.28. The zero-order valence-corrected chi connectivity index (χ0v) is 16.8. The predicted octanol–water partition coefficient (Wildman–Crippen LogP) is 1.48. The second-order valence-electron chi connectivity index (χ2n) is 7.01. The summed E-state index contributed by atoms with van der Waals surface area (Å²) < 4.78 is 26.9. The van der Waals surface area contributed by atoms with Crippen molar-refractivity contribution in [2.75, 3.05) is 32.7 Å². The molecule has 7 nitrogen and oxygen atoms in total. The second-order valence-corrected chi connectivity index (χ2v) is 8.95. The molecule has 1 aliphatic heterocycles. The van der Waals surface area contributed by atoms with Crippen LogP contribution in [0, 0.1) is 24.2 Å². The maximum absolute atomic E-state index is 12.7. The first-order chi connectivity index (χ1) is 12.7. The number of nitrogens with zero attached hydrogens (tertiary/aromatic N) is 3. The Labute approximate surface area is 161 Å². The van der Waals surface area contributed by atoms with Crippen molar-refractivity contribution in [3.05, 3.63) is 41.6 Å². The van der Waals surface area contributed by atoms with E-state index >= 15 is 0 Å². The van der Waals surface area contributed by atoms with Gasteiger partial charge in [0, 0.05) is 38.9 Å². The first-order valence-corrected chi connectivity index (χ1v) is 10.4. The van der Waals surface area contributed by atoms with Crippen LogP contribution in [0.5, 0.6) is 0 Å². The topological polar surface area (TPSA) is 93.5 Å². The van der Waals surface area contributed by atoms with Gasteiger partial charge in [0.25, 0.3) is 5.91 Å². The first kappa shape index (κ1) is 20.9. The van der Waals surface area contributed by atoms with Crippen molar-refractivity contribution in [2.45, 2.75) is 25.7 Å². The molecule has 0 bridgehead atoms. The number of rotatable bonds is 6. The Hall–Kier alpha value is -2.37. The van der Waals surface area contributed by atoms with Gasteiger partial charge in [-0.25, -0.2) is 8.42 Å². The Morgan fingerprint density at radius 3 is 2.33 bits per heavy atom. The van der Waals surface area contributed by atoms with Crippen LogP contribution >= 0.6 is 0 Å². The van der Waals surface area contributed by atoms with Gasteiger partial charge in [0.1, 0.15) is 11.6 Å². The molecule has 8 heteroatoms. The van der Waals surface area contributed by atoms with E-state index in [0.29, 0.717) is 38.6 Å². The maximum Gasteiger partial charge on any atom is 0.263 e. The van der Waals surface area contributed by atoms with Crippen LogP contribution in [0.2, 0.25) is 0 Å². The number of nitriles is 1. The number of amides is 1. The Balaban J connectivity index is 2.00. The highest BCUT2D eigenvalue weighted by atomic mass is 32.2. The van der Waals surface area contributed by atoms with Gasteiger partial charge < -0.3 is 10.2 Å². The van der Waals surface area contributed by atoms with E-state index in [-0.39, 0.29) is 10.5 Å². The van der Waals surface area contributed by atoms with Crippen LogP contribution in [0.1, 0.15) is 19.4 Å². The van der Waals surface area contributed by atoms with Gasteiger partial charge in [-0.2, -0.15) is 9.57 Å². The number of sulfonamides is 1. The van der Waals surface area contributed by atoms with Crippen molar-refractivity contribution in [2.24, 2.45) is 5.92 Å². The largest absolute Gasteiger partial charge is 0.373 e. The van der Waals surface area contributed by atoms with Crippen molar-refractivity contribution < 1.29 is 13.2 Å². The molecule has 0 atom stereocenters.